The first kappa shape index (κ1) is 20.8. The molecule has 3 rings (SSSR count). The second-order valence-corrected chi connectivity index (χ2v) is 8.90. The van der Waals surface area contributed by atoms with Gasteiger partial charge in [0.1, 0.15) is 5.69 Å². The zero-order chi connectivity index (χ0) is 21.0. The van der Waals surface area contributed by atoms with Gasteiger partial charge in [-0.2, -0.15) is 5.10 Å². The summed E-state index contributed by atoms with van der Waals surface area (Å²) in [4.78, 5) is 11.5. The van der Waals surface area contributed by atoms with Gasteiger partial charge >= 0.3 is 0 Å². The van der Waals surface area contributed by atoms with Crippen LogP contribution in [0.15, 0.2) is 70.0 Å². The van der Waals surface area contributed by atoms with E-state index in [2.05, 4.69) is 15.2 Å². The number of nitrogens with zero attached hydrogens (tertiary/aromatic N) is 2. The molecule has 1 aromatic heterocycles. The zero-order valence-corrected chi connectivity index (χ0v) is 17.4. The first-order valence-corrected chi connectivity index (χ1v) is 10.9. The number of nitrogens with one attached hydrogen (secondary N) is 2. The first-order valence-electron chi connectivity index (χ1n) is 8.17. The van der Waals surface area contributed by atoms with Gasteiger partial charge in [-0.25, -0.2) is 8.42 Å². The van der Waals surface area contributed by atoms with E-state index in [0.717, 1.165) is 10.9 Å². The summed E-state index contributed by atoms with van der Waals surface area (Å²) in [5.41, 5.74) is 3.25. The molecule has 0 unspecified atom stereocenters. The molecule has 0 bridgehead atoms. The highest BCUT2D eigenvalue weighted by atomic mass is 35.5. The number of nitro groups is 1. The van der Waals surface area contributed by atoms with E-state index in [1.54, 1.807) is 6.92 Å². The standard InChI is InChI=1S/C18H15ClN4O4S2/c1-12(18-3-2-10-28-18)20-21-16-9-8-15(11-17(16)23(24)25)29(26,27)22-14-6-4-13(19)5-7-14/h2-11,21-22H,1H3/b20-12+. The summed E-state index contributed by atoms with van der Waals surface area (Å²) >= 11 is 7.27. The number of rotatable bonds is 7. The van der Waals surface area contributed by atoms with Gasteiger partial charge in [0.15, 0.2) is 0 Å². The third-order valence-electron chi connectivity index (χ3n) is 3.79. The van der Waals surface area contributed by atoms with Crippen molar-refractivity contribution in [2.24, 2.45) is 5.10 Å². The SMILES string of the molecule is C/C(=N\Nc1ccc(S(=O)(=O)Nc2ccc(Cl)cc2)cc1[N+](=O)[O-])c1cccs1. The Bertz CT molecular complexity index is 1160. The van der Waals surface area contributed by atoms with Crippen LogP contribution in [0.2, 0.25) is 5.02 Å². The molecule has 0 aliphatic heterocycles. The van der Waals surface area contributed by atoms with E-state index < -0.39 is 20.6 Å². The Morgan fingerprint density at radius 2 is 1.90 bits per heavy atom. The van der Waals surface area contributed by atoms with Crippen LogP contribution < -0.4 is 10.1 Å². The summed E-state index contributed by atoms with van der Waals surface area (Å²) in [6.45, 7) is 1.76. The van der Waals surface area contributed by atoms with Crippen LogP contribution in [0.3, 0.4) is 0 Å². The highest BCUT2D eigenvalue weighted by Crippen LogP contribution is 2.29. The summed E-state index contributed by atoms with van der Waals surface area (Å²) in [5.74, 6) is 0. The van der Waals surface area contributed by atoms with Crippen LogP contribution in [0.1, 0.15) is 11.8 Å². The summed E-state index contributed by atoms with van der Waals surface area (Å²) in [7, 11) is -4.03. The second kappa shape index (κ2) is 8.60. The molecular formula is C18H15ClN4O4S2. The van der Waals surface area contributed by atoms with Crippen molar-refractivity contribution < 1.29 is 13.3 Å². The lowest BCUT2D eigenvalue weighted by molar-refractivity contribution is -0.384. The lowest BCUT2D eigenvalue weighted by Gasteiger charge is -2.10. The summed E-state index contributed by atoms with van der Waals surface area (Å²) in [5, 5.41) is 18.0. The monoisotopic (exact) mass is 450 g/mol. The summed E-state index contributed by atoms with van der Waals surface area (Å²) in [6, 6.07) is 13.3. The Morgan fingerprint density at radius 1 is 1.17 bits per heavy atom. The van der Waals surface area contributed by atoms with Crippen LogP contribution in [0.4, 0.5) is 17.1 Å². The first-order chi connectivity index (χ1) is 13.8. The number of sulfonamides is 1. The highest BCUT2D eigenvalue weighted by molar-refractivity contribution is 7.92. The van der Waals surface area contributed by atoms with Gasteiger partial charge in [0, 0.05) is 21.7 Å². The molecule has 0 saturated carbocycles. The molecule has 0 saturated heterocycles. The molecule has 0 aliphatic carbocycles. The molecule has 150 valence electrons. The molecule has 0 aliphatic rings. The predicted molar refractivity (Wildman–Crippen MR) is 116 cm³/mol. The molecule has 8 nitrogen and oxygen atoms in total. The Balaban J connectivity index is 1.88. The molecule has 0 fully saturated rings. The van der Waals surface area contributed by atoms with E-state index in [1.807, 2.05) is 17.5 Å². The van der Waals surface area contributed by atoms with Crippen molar-refractivity contribution in [2.75, 3.05) is 10.1 Å². The fourth-order valence-corrected chi connectivity index (χ4v) is 4.22. The Kier molecular flexibility index (Phi) is 6.16. The van der Waals surface area contributed by atoms with Gasteiger partial charge in [-0.3, -0.25) is 20.3 Å². The van der Waals surface area contributed by atoms with E-state index in [9.17, 15) is 18.5 Å². The quantitative estimate of drug-likeness (QED) is 0.300. The van der Waals surface area contributed by atoms with Crippen LogP contribution >= 0.6 is 22.9 Å². The predicted octanol–water partition coefficient (Wildman–Crippen LogP) is 4.95. The highest BCUT2D eigenvalue weighted by Gasteiger charge is 2.21. The molecular weight excluding hydrogens is 436 g/mol. The number of hydrogen-bond donors (Lipinski definition) is 2. The van der Waals surface area contributed by atoms with Gasteiger partial charge in [0.05, 0.1) is 15.5 Å². The minimum absolute atomic E-state index is 0.0800. The number of thiophene rings is 1. The zero-order valence-electron chi connectivity index (χ0n) is 15.0. The molecule has 29 heavy (non-hydrogen) atoms. The maximum Gasteiger partial charge on any atom is 0.295 e. The molecule has 2 N–H and O–H groups in total. The Morgan fingerprint density at radius 3 is 2.52 bits per heavy atom. The maximum absolute atomic E-state index is 12.6. The van der Waals surface area contributed by atoms with Crippen LogP contribution in [0.5, 0.6) is 0 Å². The van der Waals surface area contributed by atoms with Crippen molar-refractivity contribution in [3.63, 3.8) is 0 Å². The molecule has 0 amide bonds. The van der Waals surface area contributed by atoms with Crippen molar-refractivity contribution in [3.8, 4) is 0 Å². The summed E-state index contributed by atoms with van der Waals surface area (Å²) < 4.78 is 27.5. The fourth-order valence-electron chi connectivity index (χ4n) is 2.34. The number of hydrazone groups is 1. The maximum atomic E-state index is 12.6. The minimum Gasteiger partial charge on any atom is -0.280 e. The van der Waals surface area contributed by atoms with Crippen LogP contribution in [-0.4, -0.2) is 19.1 Å². The smallest absolute Gasteiger partial charge is 0.280 e. The van der Waals surface area contributed by atoms with E-state index in [0.29, 0.717) is 10.7 Å². The van der Waals surface area contributed by atoms with Gasteiger partial charge < -0.3 is 0 Å². The van der Waals surface area contributed by atoms with Crippen molar-refractivity contribution in [3.05, 3.63) is 80.0 Å². The third kappa shape index (κ3) is 5.11. The van der Waals surface area contributed by atoms with Crippen LogP contribution in [0, 0.1) is 10.1 Å². The fraction of sp³-hybridized carbons (Fsp3) is 0.0556. The molecule has 0 radical (unpaired) electrons. The molecule has 0 spiro atoms. The Labute approximate surface area is 176 Å². The average Bonchev–Trinajstić information content (AvgIpc) is 3.22. The van der Waals surface area contributed by atoms with Crippen molar-refractivity contribution in [1.82, 2.24) is 0 Å². The molecule has 0 atom stereocenters. The number of hydrogen-bond acceptors (Lipinski definition) is 7. The lowest BCUT2D eigenvalue weighted by Crippen LogP contribution is -2.13. The largest absolute Gasteiger partial charge is 0.295 e. The number of halogens is 1. The normalized spacial score (nSPS) is 11.9. The van der Waals surface area contributed by atoms with Gasteiger partial charge in [-0.1, -0.05) is 17.7 Å². The van der Waals surface area contributed by atoms with Crippen LogP contribution in [-0.2, 0) is 10.0 Å². The molecule has 3 aromatic rings. The van der Waals surface area contributed by atoms with Crippen molar-refractivity contribution in [1.29, 1.82) is 0 Å². The lowest BCUT2D eigenvalue weighted by atomic mass is 10.3. The van der Waals surface area contributed by atoms with E-state index in [4.69, 9.17) is 11.6 Å². The van der Waals surface area contributed by atoms with Gasteiger partial charge in [0.25, 0.3) is 15.7 Å². The molecule has 2 aromatic carbocycles. The number of benzene rings is 2. The molecule has 11 heteroatoms. The molecule has 1 heterocycles. The van der Waals surface area contributed by atoms with Gasteiger partial charge in [-0.15, -0.1) is 11.3 Å². The van der Waals surface area contributed by atoms with Gasteiger partial charge in [-0.05, 0) is 54.8 Å². The van der Waals surface area contributed by atoms with Gasteiger partial charge in [0.2, 0.25) is 0 Å². The summed E-state index contributed by atoms with van der Waals surface area (Å²) in [6.07, 6.45) is 0. The minimum atomic E-state index is -4.03. The Hall–Kier alpha value is -2.95. The topological polar surface area (TPSA) is 114 Å². The average molecular weight is 451 g/mol. The van der Waals surface area contributed by atoms with E-state index >= 15 is 0 Å². The second-order valence-electron chi connectivity index (χ2n) is 5.83. The van der Waals surface area contributed by atoms with Crippen molar-refractivity contribution in [2.45, 2.75) is 11.8 Å². The van der Waals surface area contributed by atoms with E-state index in [1.165, 1.54) is 47.7 Å². The van der Waals surface area contributed by atoms with Crippen LogP contribution in [0.25, 0.3) is 0 Å². The number of anilines is 2. The van der Waals surface area contributed by atoms with E-state index in [-0.39, 0.29) is 16.3 Å². The number of nitro benzene ring substituents is 1. The van der Waals surface area contributed by atoms with Crippen molar-refractivity contribution >= 4 is 55.7 Å². The third-order valence-corrected chi connectivity index (χ3v) is 6.40.